The summed E-state index contributed by atoms with van der Waals surface area (Å²) in [6.45, 7) is -1.90. The van der Waals surface area contributed by atoms with E-state index in [-0.39, 0.29) is 41.8 Å². The molecule has 2 aromatic rings. The zero-order chi connectivity index (χ0) is 23.5. The number of alkyl halides is 4. The summed E-state index contributed by atoms with van der Waals surface area (Å²) in [6.07, 6.45) is -3.23. The molecule has 1 aromatic heterocycles. The minimum Gasteiger partial charge on any atom is -0.433 e. The Labute approximate surface area is 178 Å². The molecule has 2 heterocycles. The monoisotopic (exact) mass is 459 g/mol. The highest BCUT2D eigenvalue weighted by Gasteiger charge is 2.45. The number of nitrogens with zero attached hydrogens (tertiary/aromatic N) is 2. The van der Waals surface area contributed by atoms with Gasteiger partial charge < -0.3 is 20.5 Å². The van der Waals surface area contributed by atoms with Crippen LogP contribution in [0.2, 0.25) is 0 Å². The molecule has 4 N–H and O–H groups in total. The standard InChI is InChI=1S/C19H18F5N5O3/c1-9-4-11(31-17(23)24)6-27-15(9)32-18(30)28-10-2-3-13(20)12(5-10)19(16(21)22)8-26-7-14(25)29-19/h2-6,16-17,26H,7-8H2,1H3,(H2,25,29)(H,28,30). The molecule has 0 aliphatic carbocycles. The number of ether oxygens (including phenoxy) is 2. The number of nitrogens with one attached hydrogen (secondary N) is 2. The van der Waals surface area contributed by atoms with E-state index in [0.717, 1.165) is 24.4 Å². The molecule has 0 radical (unpaired) electrons. The van der Waals surface area contributed by atoms with Crippen LogP contribution >= 0.6 is 0 Å². The average molecular weight is 459 g/mol. The van der Waals surface area contributed by atoms with Crippen molar-refractivity contribution in [2.45, 2.75) is 25.5 Å². The van der Waals surface area contributed by atoms with Crippen molar-refractivity contribution in [1.82, 2.24) is 10.3 Å². The van der Waals surface area contributed by atoms with Crippen LogP contribution in [0.5, 0.6) is 11.6 Å². The predicted octanol–water partition coefficient (Wildman–Crippen LogP) is 3.16. The lowest BCUT2D eigenvalue weighted by molar-refractivity contribution is -0.0501. The zero-order valence-corrected chi connectivity index (χ0v) is 16.5. The number of pyridine rings is 1. The first-order chi connectivity index (χ1) is 15.1. The van der Waals surface area contributed by atoms with Crippen molar-refractivity contribution in [3.05, 3.63) is 47.4 Å². The van der Waals surface area contributed by atoms with Crippen LogP contribution in [-0.4, -0.2) is 43.0 Å². The fourth-order valence-corrected chi connectivity index (χ4v) is 3.09. The summed E-state index contributed by atoms with van der Waals surface area (Å²) in [5.74, 6) is -1.51. The molecule has 0 saturated heterocycles. The number of hydrogen-bond donors (Lipinski definition) is 3. The summed E-state index contributed by atoms with van der Waals surface area (Å²) < 4.78 is 76.0. The Kier molecular flexibility index (Phi) is 6.77. The summed E-state index contributed by atoms with van der Waals surface area (Å²) >= 11 is 0. The number of rotatable bonds is 6. The van der Waals surface area contributed by atoms with Crippen molar-refractivity contribution in [3.63, 3.8) is 0 Å². The average Bonchev–Trinajstić information content (AvgIpc) is 2.71. The van der Waals surface area contributed by atoms with Gasteiger partial charge in [-0.2, -0.15) is 8.78 Å². The molecular formula is C19H18F5N5O3. The molecular weight excluding hydrogens is 441 g/mol. The first kappa shape index (κ1) is 23.2. The molecule has 3 rings (SSSR count). The second-order valence-electron chi connectivity index (χ2n) is 6.81. The summed E-state index contributed by atoms with van der Waals surface area (Å²) in [7, 11) is 0. The summed E-state index contributed by atoms with van der Waals surface area (Å²) in [5.41, 5.74) is 3.00. The van der Waals surface area contributed by atoms with E-state index in [2.05, 4.69) is 25.3 Å². The van der Waals surface area contributed by atoms with Crippen molar-refractivity contribution < 1.29 is 36.2 Å². The van der Waals surface area contributed by atoms with Gasteiger partial charge in [-0.1, -0.05) is 0 Å². The highest BCUT2D eigenvalue weighted by molar-refractivity contribution is 5.86. The molecule has 0 saturated carbocycles. The Morgan fingerprint density at radius 3 is 2.66 bits per heavy atom. The molecule has 172 valence electrons. The third-order valence-electron chi connectivity index (χ3n) is 4.50. The number of carbonyl (C=O) groups excluding carboxylic acids is 1. The maximum Gasteiger partial charge on any atom is 0.418 e. The number of aryl methyl sites for hydroxylation is 1. The van der Waals surface area contributed by atoms with E-state index >= 15 is 0 Å². The maximum atomic E-state index is 14.5. The van der Waals surface area contributed by atoms with Crippen LogP contribution in [0.3, 0.4) is 0 Å². The molecule has 0 spiro atoms. The number of carbonyl (C=O) groups is 1. The van der Waals surface area contributed by atoms with Gasteiger partial charge in [0, 0.05) is 23.4 Å². The smallest absolute Gasteiger partial charge is 0.418 e. The number of benzene rings is 1. The van der Waals surface area contributed by atoms with Crippen LogP contribution in [-0.2, 0) is 5.54 Å². The number of nitrogens with two attached hydrogens (primary N) is 1. The van der Waals surface area contributed by atoms with Crippen molar-refractivity contribution in [1.29, 1.82) is 0 Å². The number of anilines is 1. The Hall–Kier alpha value is -3.48. The largest absolute Gasteiger partial charge is 0.433 e. The summed E-state index contributed by atoms with van der Waals surface area (Å²) in [6, 6.07) is 4.23. The normalized spacial score (nSPS) is 18.4. The number of aliphatic imine (C=N–C) groups is 1. The van der Waals surface area contributed by atoms with E-state index in [1.807, 2.05) is 0 Å². The molecule has 1 atom stereocenters. The van der Waals surface area contributed by atoms with E-state index in [9.17, 15) is 26.7 Å². The lowest BCUT2D eigenvalue weighted by Gasteiger charge is -2.34. The van der Waals surface area contributed by atoms with Gasteiger partial charge in [0.25, 0.3) is 6.43 Å². The van der Waals surface area contributed by atoms with Crippen LogP contribution in [0, 0.1) is 12.7 Å². The van der Waals surface area contributed by atoms with Crippen molar-refractivity contribution >= 4 is 17.6 Å². The van der Waals surface area contributed by atoms with E-state index in [1.54, 1.807) is 0 Å². The third-order valence-corrected chi connectivity index (χ3v) is 4.50. The Balaban J connectivity index is 1.80. The first-order valence-corrected chi connectivity index (χ1v) is 9.14. The van der Waals surface area contributed by atoms with Gasteiger partial charge in [0.2, 0.25) is 5.88 Å². The minimum absolute atomic E-state index is 0.0546. The second kappa shape index (κ2) is 9.34. The Bertz CT molecular complexity index is 1040. The molecule has 8 nitrogen and oxygen atoms in total. The molecule has 1 aliphatic heterocycles. The molecule has 13 heteroatoms. The van der Waals surface area contributed by atoms with Crippen LogP contribution in [0.4, 0.5) is 32.4 Å². The Morgan fingerprint density at radius 2 is 2.03 bits per heavy atom. The summed E-state index contributed by atoms with van der Waals surface area (Å²) in [5, 5.41) is 4.94. The highest BCUT2D eigenvalue weighted by atomic mass is 19.3. The molecule has 1 unspecified atom stereocenters. The lowest BCUT2D eigenvalue weighted by Crippen LogP contribution is -2.51. The van der Waals surface area contributed by atoms with Gasteiger partial charge in [-0.15, -0.1) is 0 Å². The number of hydrogen-bond acceptors (Lipinski definition) is 7. The van der Waals surface area contributed by atoms with Gasteiger partial charge in [-0.3, -0.25) is 10.3 Å². The fourth-order valence-electron chi connectivity index (χ4n) is 3.09. The van der Waals surface area contributed by atoms with Crippen LogP contribution in [0.1, 0.15) is 11.1 Å². The van der Waals surface area contributed by atoms with Crippen LogP contribution in [0.15, 0.2) is 35.5 Å². The van der Waals surface area contributed by atoms with E-state index < -0.39 is 36.0 Å². The van der Waals surface area contributed by atoms with Crippen LogP contribution < -0.4 is 25.8 Å². The molecule has 1 amide bonds. The molecule has 0 bridgehead atoms. The van der Waals surface area contributed by atoms with Crippen molar-refractivity contribution in [2.75, 3.05) is 18.4 Å². The number of halogens is 5. The zero-order valence-electron chi connectivity index (χ0n) is 16.5. The number of aromatic nitrogens is 1. The van der Waals surface area contributed by atoms with E-state index in [1.165, 1.54) is 13.0 Å². The summed E-state index contributed by atoms with van der Waals surface area (Å²) in [4.78, 5) is 19.7. The fraction of sp³-hybridized carbons (Fsp3) is 0.316. The SMILES string of the molecule is Cc1cc(OC(F)F)cnc1OC(=O)Nc1ccc(F)c(C2(C(F)F)CNCC(N)=N2)c1. The molecule has 1 aliphatic rings. The molecule has 1 aromatic carbocycles. The van der Waals surface area contributed by atoms with Gasteiger partial charge >= 0.3 is 12.7 Å². The Morgan fingerprint density at radius 1 is 1.28 bits per heavy atom. The maximum absolute atomic E-state index is 14.5. The third kappa shape index (κ3) is 5.04. The quantitative estimate of drug-likeness (QED) is 0.573. The van der Waals surface area contributed by atoms with Gasteiger partial charge in [0.05, 0.1) is 12.7 Å². The number of amides is 1. The molecule has 32 heavy (non-hydrogen) atoms. The van der Waals surface area contributed by atoms with Gasteiger partial charge in [-0.05, 0) is 31.2 Å². The molecule has 0 fully saturated rings. The minimum atomic E-state index is -3.09. The lowest BCUT2D eigenvalue weighted by atomic mass is 9.88. The second-order valence-corrected chi connectivity index (χ2v) is 6.81. The van der Waals surface area contributed by atoms with E-state index in [4.69, 9.17) is 10.5 Å². The van der Waals surface area contributed by atoms with Gasteiger partial charge in [0.1, 0.15) is 17.4 Å². The van der Waals surface area contributed by atoms with Crippen molar-refractivity contribution in [3.8, 4) is 11.6 Å². The first-order valence-electron chi connectivity index (χ1n) is 9.14. The van der Waals surface area contributed by atoms with E-state index in [0.29, 0.717) is 0 Å². The highest BCUT2D eigenvalue weighted by Crippen LogP contribution is 2.36. The van der Waals surface area contributed by atoms with Crippen LogP contribution in [0.25, 0.3) is 0 Å². The predicted molar refractivity (Wildman–Crippen MR) is 104 cm³/mol. The van der Waals surface area contributed by atoms with Crippen molar-refractivity contribution in [2.24, 2.45) is 10.7 Å². The number of amidine groups is 1. The van der Waals surface area contributed by atoms with Gasteiger partial charge in [-0.25, -0.2) is 22.9 Å². The van der Waals surface area contributed by atoms with Gasteiger partial charge in [0.15, 0.2) is 5.54 Å². The topological polar surface area (TPSA) is 111 Å².